The summed E-state index contributed by atoms with van der Waals surface area (Å²) in [5.41, 5.74) is 3.34. The SMILES string of the molecule is Oc1cc(C2CCCCC2)c(Cl)cc1CCNCc1ccccc1. The monoisotopic (exact) mass is 343 g/mol. The summed E-state index contributed by atoms with van der Waals surface area (Å²) in [5, 5.41) is 14.6. The van der Waals surface area contributed by atoms with Gasteiger partial charge in [-0.3, -0.25) is 0 Å². The molecule has 128 valence electrons. The lowest BCUT2D eigenvalue weighted by atomic mass is 9.83. The zero-order valence-corrected chi connectivity index (χ0v) is 14.9. The third-order valence-electron chi connectivity index (χ3n) is 4.99. The highest BCUT2D eigenvalue weighted by Gasteiger charge is 2.19. The van der Waals surface area contributed by atoms with Crippen LogP contribution in [0.25, 0.3) is 0 Å². The number of benzene rings is 2. The van der Waals surface area contributed by atoms with E-state index in [1.165, 1.54) is 37.7 Å². The largest absolute Gasteiger partial charge is 0.508 e. The van der Waals surface area contributed by atoms with Crippen molar-refractivity contribution in [3.63, 3.8) is 0 Å². The Morgan fingerprint density at radius 1 is 1.04 bits per heavy atom. The number of rotatable bonds is 6. The van der Waals surface area contributed by atoms with Gasteiger partial charge in [0.05, 0.1) is 0 Å². The van der Waals surface area contributed by atoms with Crippen LogP contribution in [0.5, 0.6) is 5.75 Å². The second-order valence-electron chi connectivity index (χ2n) is 6.75. The van der Waals surface area contributed by atoms with Gasteiger partial charge in [0.2, 0.25) is 0 Å². The molecule has 0 amide bonds. The van der Waals surface area contributed by atoms with E-state index in [4.69, 9.17) is 11.6 Å². The van der Waals surface area contributed by atoms with E-state index in [1.54, 1.807) is 0 Å². The fraction of sp³-hybridized carbons (Fsp3) is 0.429. The molecule has 0 spiro atoms. The molecule has 24 heavy (non-hydrogen) atoms. The van der Waals surface area contributed by atoms with Crippen LogP contribution in [0.15, 0.2) is 42.5 Å². The zero-order valence-electron chi connectivity index (χ0n) is 14.1. The van der Waals surface area contributed by atoms with Crippen LogP contribution in [0.4, 0.5) is 0 Å². The van der Waals surface area contributed by atoms with Crippen LogP contribution >= 0.6 is 11.6 Å². The van der Waals surface area contributed by atoms with Crippen LogP contribution in [-0.2, 0) is 13.0 Å². The summed E-state index contributed by atoms with van der Waals surface area (Å²) >= 11 is 6.51. The van der Waals surface area contributed by atoms with E-state index in [2.05, 4.69) is 17.4 Å². The molecule has 1 aliphatic carbocycles. The van der Waals surface area contributed by atoms with Crippen LogP contribution in [0, 0.1) is 0 Å². The second kappa shape index (κ2) is 8.55. The van der Waals surface area contributed by atoms with Gasteiger partial charge in [-0.15, -0.1) is 0 Å². The Kier molecular flexibility index (Phi) is 6.17. The molecule has 0 aliphatic heterocycles. The standard InChI is InChI=1S/C21H26ClNO/c22-20-13-18(11-12-23-15-16-7-3-1-4-8-16)21(24)14-19(20)17-9-5-2-6-10-17/h1,3-4,7-8,13-14,17,23-24H,2,5-6,9-12,15H2. The summed E-state index contributed by atoms with van der Waals surface area (Å²) < 4.78 is 0. The second-order valence-corrected chi connectivity index (χ2v) is 7.16. The highest BCUT2D eigenvalue weighted by molar-refractivity contribution is 6.31. The summed E-state index contributed by atoms with van der Waals surface area (Å²) in [5.74, 6) is 0.906. The summed E-state index contributed by atoms with van der Waals surface area (Å²) in [6.07, 6.45) is 7.03. The number of hydrogen-bond donors (Lipinski definition) is 2. The van der Waals surface area contributed by atoms with Crippen LogP contribution in [-0.4, -0.2) is 11.7 Å². The lowest BCUT2D eigenvalue weighted by Crippen LogP contribution is -2.16. The van der Waals surface area contributed by atoms with E-state index in [-0.39, 0.29) is 0 Å². The van der Waals surface area contributed by atoms with Gasteiger partial charge in [0, 0.05) is 11.6 Å². The van der Waals surface area contributed by atoms with Gasteiger partial charge in [-0.2, -0.15) is 0 Å². The predicted molar refractivity (Wildman–Crippen MR) is 101 cm³/mol. The first-order valence-electron chi connectivity index (χ1n) is 9.00. The summed E-state index contributed by atoms with van der Waals surface area (Å²) in [7, 11) is 0. The van der Waals surface area contributed by atoms with Crippen molar-refractivity contribution >= 4 is 11.6 Å². The minimum atomic E-state index is 0.390. The number of phenolic OH excluding ortho intramolecular Hbond substituents is 1. The first-order chi connectivity index (χ1) is 11.7. The molecule has 2 nitrogen and oxygen atoms in total. The molecule has 0 radical (unpaired) electrons. The molecule has 1 fully saturated rings. The molecule has 2 N–H and O–H groups in total. The number of nitrogens with one attached hydrogen (secondary N) is 1. The van der Waals surface area contributed by atoms with Gasteiger partial charge in [0.25, 0.3) is 0 Å². The van der Waals surface area contributed by atoms with Crippen molar-refractivity contribution in [3.8, 4) is 5.75 Å². The van der Waals surface area contributed by atoms with Gasteiger partial charge in [0.15, 0.2) is 0 Å². The number of hydrogen-bond acceptors (Lipinski definition) is 2. The Hall–Kier alpha value is -1.51. The molecule has 1 saturated carbocycles. The highest BCUT2D eigenvalue weighted by Crippen LogP contribution is 2.39. The van der Waals surface area contributed by atoms with Crippen molar-refractivity contribution in [2.75, 3.05) is 6.54 Å². The molecule has 0 atom stereocenters. The molecule has 0 heterocycles. The normalized spacial score (nSPS) is 15.5. The first-order valence-corrected chi connectivity index (χ1v) is 9.38. The molecular formula is C21H26ClNO. The molecule has 1 aliphatic rings. The van der Waals surface area contributed by atoms with Crippen LogP contribution < -0.4 is 5.32 Å². The number of phenols is 1. The van der Waals surface area contributed by atoms with Crippen molar-refractivity contribution in [1.29, 1.82) is 0 Å². The molecule has 0 aromatic heterocycles. The van der Waals surface area contributed by atoms with Crippen molar-refractivity contribution in [1.82, 2.24) is 5.32 Å². The first kappa shape index (κ1) is 17.3. The van der Waals surface area contributed by atoms with E-state index in [0.29, 0.717) is 11.7 Å². The maximum atomic E-state index is 10.4. The Labute approximate surface area is 149 Å². The molecule has 3 heteroatoms. The smallest absolute Gasteiger partial charge is 0.119 e. The summed E-state index contributed by atoms with van der Waals surface area (Å²) in [6, 6.07) is 14.2. The fourth-order valence-electron chi connectivity index (χ4n) is 3.60. The Balaban J connectivity index is 1.56. The molecule has 0 unspecified atom stereocenters. The molecule has 2 aromatic carbocycles. The van der Waals surface area contributed by atoms with E-state index in [9.17, 15) is 5.11 Å². The Morgan fingerprint density at radius 3 is 2.54 bits per heavy atom. The Morgan fingerprint density at radius 2 is 1.79 bits per heavy atom. The summed E-state index contributed by atoms with van der Waals surface area (Å²) in [6.45, 7) is 1.66. The lowest BCUT2D eigenvalue weighted by Gasteiger charge is -2.23. The van der Waals surface area contributed by atoms with Gasteiger partial charge >= 0.3 is 0 Å². The average Bonchev–Trinajstić information content (AvgIpc) is 2.63. The minimum Gasteiger partial charge on any atom is -0.508 e. The zero-order chi connectivity index (χ0) is 16.8. The Bertz CT molecular complexity index is 650. The molecular weight excluding hydrogens is 318 g/mol. The van der Waals surface area contributed by atoms with Crippen molar-refractivity contribution in [2.24, 2.45) is 0 Å². The lowest BCUT2D eigenvalue weighted by molar-refractivity contribution is 0.436. The van der Waals surface area contributed by atoms with Crippen molar-refractivity contribution < 1.29 is 5.11 Å². The van der Waals surface area contributed by atoms with Crippen LogP contribution in [0.2, 0.25) is 5.02 Å². The quantitative estimate of drug-likeness (QED) is 0.686. The van der Waals surface area contributed by atoms with Crippen LogP contribution in [0.3, 0.4) is 0 Å². The number of aromatic hydroxyl groups is 1. The van der Waals surface area contributed by atoms with E-state index < -0.39 is 0 Å². The van der Waals surface area contributed by atoms with Gasteiger partial charge in [-0.25, -0.2) is 0 Å². The topological polar surface area (TPSA) is 32.3 Å². The van der Waals surface area contributed by atoms with Gasteiger partial charge in [0.1, 0.15) is 5.75 Å². The van der Waals surface area contributed by atoms with Gasteiger partial charge < -0.3 is 10.4 Å². The third kappa shape index (κ3) is 4.52. The molecule has 3 rings (SSSR count). The van der Waals surface area contributed by atoms with E-state index >= 15 is 0 Å². The fourth-order valence-corrected chi connectivity index (χ4v) is 3.94. The average molecular weight is 344 g/mol. The van der Waals surface area contributed by atoms with Crippen molar-refractivity contribution in [2.45, 2.75) is 51.0 Å². The van der Waals surface area contributed by atoms with Crippen molar-refractivity contribution in [3.05, 3.63) is 64.2 Å². The highest BCUT2D eigenvalue weighted by atomic mass is 35.5. The van der Waals surface area contributed by atoms with E-state index in [0.717, 1.165) is 35.7 Å². The number of halogens is 1. The minimum absolute atomic E-state index is 0.390. The van der Waals surface area contributed by atoms with Crippen LogP contribution in [0.1, 0.15) is 54.7 Å². The maximum absolute atomic E-state index is 10.4. The van der Waals surface area contributed by atoms with Gasteiger partial charge in [-0.05, 0) is 60.5 Å². The summed E-state index contributed by atoms with van der Waals surface area (Å²) in [4.78, 5) is 0. The predicted octanol–water partition coefficient (Wildman–Crippen LogP) is 5.43. The van der Waals surface area contributed by atoms with Gasteiger partial charge in [-0.1, -0.05) is 61.2 Å². The van der Waals surface area contributed by atoms with E-state index in [1.807, 2.05) is 30.3 Å². The third-order valence-corrected chi connectivity index (χ3v) is 5.31. The molecule has 0 bridgehead atoms. The maximum Gasteiger partial charge on any atom is 0.119 e. The molecule has 2 aromatic rings. The molecule has 0 saturated heterocycles.